The average Bonchev–Trinajstić information content (AvgIpc) is 2.48. The van der Waals surface area contributed by atoms with Crippen LogP contribution in [0.2, 0.25) is 0 Å². The van der Waals surface area contributed by atoms with Gasteiger partial charge >= 0.3 is 6.18 Å². The molecule has 0 N–H and O–H groups in total. The van der Waals surface area contributed by atoms with Crippen molar-refractivity contribution < 1.29 is 22.9 Å². The second-order valence-electron chi connectivity index (χ2n) is 5.55. The summed E-state index contributed by atoms with van der Waals surface area (Å²) >= 11 is 0.873. The van der Waals surface area contributed by atoms with Gasteiger partial charge in [0.1, 0.15) is 0 Å². The Morgan fingerprint density at radius 1 is 1.38 bits per heavy atom. The van der Waals surface area contributed by atoms with Gasteiger partial charge < -0.3 is 4.90 Å². The van der Waals surface area contributed by atoms with Gasteiger partial charge in [-0.25, -0.2) is 0 Å². The normalized spacial score (nSPS) is 11.6. The van der Waals surface area contributed by atoms with Crippen LogP contribution in [0, 0.1) is 16.0 Å². The first-order valence-corrected chi connectivity index (χ1v) is 8.31. The Balaban J connectivity index is 2.91. The number of thioether (sulfide) groups is 1. The van der Waals surface area contributed by atoms with E-state index in [0.717, 1.165) is 23.9 Å². The van der Waals surface area contributed by atoms with Crippen LogP contribution in [0.15, 0.2) is 23.1 Å². The van der Waals surface area contributed by atoms with E-state index in [1.54, 1.807) is 4.90 Å². The third-order valence-electron chi connectivity index (χ3n) is 3.15. The number of amides is 1. The molecular formula is C15H19F3N2O3S. The van der Waals surface area contributed by atoms with E-state index in [1.807, 2.05) is 20.8 Å². The zero-order chi connectivity index (χ0) is 18.5. The van der Waals surface area contributed by atoms with Crippen molar-refractivity contribution in [1.82, 2.24) is 4.90 Å². The fraction of sp³-hybridized carbons (Fsp3) is 0.533. The molecule has 0 aliphatic rings. The molecule has 24 heavy (non-hydrogen) atoms. The molecule has 0 radical (unpaired) electrons. The van der Waals surface area contributed by atoms with E-state index in [4.69, 9.17) is 0 Å². The monoisotopic (exact) mass is 364 g/mol. The summed E-state index contributed by atoms with van der Waals surface area (Å²) < 4.78 is 38.0. The Morgan fingerprint density at radius 2 is 2.00 bits per heavy atom. The topological polar surface area (TPSA) is 63.5 Å². The van der Waals surface area contributed by atoms with Gasteiger partial charge in [-0.2, -0.15) is 13.2 Å². The van der Waals surface area contributed by atoms with E-state index in [2.05, 4.69) is 0 Å². The second-order valence-corrected chi connectivity index (χ2v) is 6.57. The number of halogens is 3. The van der Waals surface area contributed by atoms with Crippen molar-refractivity contribution in [3.8, 4) is 0 Å². The lowest BCUT2D eigenvalue weighted by molar-refractivity contribution is -0.388. The maximum atomic E-state index is 12.7. The third kappa shape index (κ3) is 5.70. The molecule has 0 unspecified atom stereocenters. The number of alkyl halides is 3. The summed E-state index contributed by atoms with van der Waals surface area (Å²) in [4.78, 5) is 24.0. The number of benzene rings is 1. The molecule has 1 rings (SSSR count). The Bertz CT molecular complexity index is 606. The highest BCUT2D eigenvalue weighted by molar-refractivity contribution is 8.00. The highest BCUT2D eigenvalue weighted by Gasteiger charge is 2.33. The fourth-order valence-corrected chi connectivity index (χ4v) is 2.94. The molecule has 9 heteroatoms. The molecule has 0 aliphatic carbocycles. The van der Waals surface area contributed by atoms with Crippen molar-refractivity contribution in [3.63, 3.8) is 0 Å². The molecule has 0 saturated carbocycles. The molecular weight excluding hydrogens is 345 g/mol. The van der Waals surface area contributed by atoms with Gasteiger partial charge in [-0.15, -0.1) is 11.8 Å². The van der Waals surface area contributed by atoms with Gasteiger partial charge in [0, 0.05) is 19.2 Å². The number of nitro benzene ring substituents is 1. The lowest BCUT2D eigenvalue weighted by atomic mass is 10.2. The SMILES string of the molecule is CCN(CC(C)C)C(=O)CSc1ccc(C(F)(F)F)cc1[N+](=O)[O-]. The van der Waals surface area contributed by atoms with Crippen molar-refractivity contribution in [3.05, 3.63) is 33.9 Å². The number of nitrogens with zero attached hydrogens (tertiary/aromatic N) is 2. The van der Waals surface area contributed by atoms with Gasteiger partial charge in [-0.05, 0) is 25.0 Å². The van der Waals surface area contributed by atoms with Crippen LogP contribution in [0.4, 0.5) is 18.9 Å². The predicted molar refractivity (Wildman–Crippen MR) is 85.9 cm³/mol. The minimum atomic E-state index is -4.65. The smallest absolute Gasteiger partial charge is 0.342 e. The molecule has 1 aromatic rings. The van der Waals surface area contributed by atoms with Crippen molar-refractivity contribution in [2.75, 3.05) is 18.8 Å². The summed E-state index contributed by atoms with van der Waals surface area (Å²) in [6, 6.07) is 2.32. The Morgan fingerprint density at radius 3 is 2.46 bits per heavy atom. The van der Waals surface area contributed by atoms with Crippen molar-refractivity contribution >= 4 is 23.4 Å². The van der Waals surface area contributed by atoms with Crippen LogP contribution in [-0.4, -0.2) is 34.6 Å². The quantitative estimate of drug-likeness (QED) is 0.413. The van der Waals surface area contributed by atoms with Gasteiger partial charge in [-0.3, -0.25) is 14.9 Å². The number of carbonyl (C=O) groups is 1. The lowest BCUT2D eigenvalue weighted by Gasteiger charge is -2.22. The number of hydrogen-bond acceptors (Lipinski definition) is 4. The molecule has 0 bridgehead atoms. The first kappa shape index (κ1) is 20.3. The van der Waals surface area contributed by atoms with Crippen LogP contribution >= 0.6 is 11.8 Å². The van der Waals surface area contributed by atoms with E-state index in [9.17, 15) is 28.1 Å². The largest absolute Gasteiger partial charge is 0.416 e. The summed E-state index contributed by atoms with van der Waals surface area (Å²) in [5.41, 5.74) is -1.73. The maximum Gasteiger partial charge on any atom is 0.416 e. The Hall–Kier alpha value is -1.77. The minimum absolute atomic E-state index is 0.0435. The lowest BCUT2D eigenvalue weighted by Crippen LogP contribution is -2.35. The first-order valence-electron chi connectivity index (χ1n) is 7.32. The summed E-state index contributed by atoms with van der Waals surface area (Å²) in [5.74, 6) is 0.0111. The highest BCUT2D eigenvalue weighted by Crippen LogP contribution is 2.36. The fourth-order valence-electron chi connectivity index (χ4n) is 2.04. The molecule has 0 aliphatic heterocycles. The number of nitro groups is 1. The van der Waals surface area contributed by atoms with Crippen LogP contribution in [0.5, 0.6) is 0 Å². The molecule has 0 fully saturated rings. The van der Waals surface area contributed by atoms with Crippen molar-refractivity contribution in [2.45, 2.75) is 31.8 Å². The predicted octanol–water partition coefficient (Wildman–Crippen LogP) is 4.21. The van der Waals surface area contributed by atoms with E-state index < -0.39 is 22.4 Å². The summed E-state index contributed by atoms with van der Waals surface area (Å²) in [6.07, 6.45) is -4.65. The molecule has 5 nitrogen and oxygen atoms in total. The third-order valence-corrected chi connectivity index (χ3v) is 4.20. The van der Waals surface area contributed by atoms with E-state index >= 15 is 0 Å². The van der Waals surface area contributed by atoms with Gasteiger partial charge in [0.25, 0.3) is 5.69 Å². The molecule has 0 heterocycles. The average molecular weight is 364 g/mol. The molecule has 0 aromatic heterocycles. The highest BCUT2D eigenvalue weighted by atomic mass is 32.2. The molecule has 1 aromatic carbocycles. The summed E-state index contributed by atoms with van der Waals surface area (Å²) in [6.45, 7) is 6.82. The first-order chi connectivity index (χ1) is 11.1. The molecule has 134 valence electrons. The van der Waals surface area contributed by atoms with Crippen LogP contribution in [0.1, 0.15) is 26.3 Å². The van der Waals surface area contributed by atoms with Gasteiger partial charge in [-0.1, -0.05) is 13.8 Å². The van der Waals surface area contributed by atoms with E-state index in [-0.39, 0.29) is 22.5 Å². The Labute approximate surface area is 142 Å². The van der Waals surface area contributed by atoms with E-state index in [0.29, 0.717) is 19.2 Å². The standard InChI is InChI=1S/C15H19F3N2O3S/c1-4-19(8-10(2)3)14(21)9-24-13-6-5-11(15(16,17)18)7-12(13)20(22)23/h5-7,10H,4,8-9H2,1-3H3. The van der Waals surface area contributed by atoms with Crippen LogP contribution in [0.25, 0.3) is 0 Å². The molecule has 0 spiro atoms. The second kappa shape index (κ2) is 8.36. The zero-order valence-electron chi connectivity index (χ0n) is 13.6. The zero-order valence-corrected chi connectivity index (χ0v) is 14.4. The summed E-state index contributed by atoms with van der Waals surface area (Å²) in [5, 5.41) is 11.0. The molecule has 0 saturated heterocycles. The maximum absolute atomic E-state index is 12.7. The van der Waals surface area contributed by atoms with E-state index in [1.165, 1.54) is 0 Å². The van der Waals surface area contributed by atoms with Gasteiger partial charge in [0.15, 0.2) is 0 Å². The molecule has 1 amide bonds. The van der Waals surface area contributed by atoms with Crippen LogP contribution in [0.3, 0.4) is 0 Å². The van der Waals surface area contributed by atoms with Crippen molar-refractivity contribution in [2.24, 2.45) is 5.92 Å². The van der Waals surface area contributed by atoms with Crippen LogP contribution in [-0.2, 0) is 11.0 Å². The molecule has 0 atom stereocenters. The Kier molecular flexibility index (Phi) is 7.07. The number of carbonyl (C=O) groups excluding carboxylic acids is 1. The minimum Gasteiger partial charge on any atom is -0.342 e. The number of rotatable bonds is 7. The van der Waals surface area contributed by atoms with Gasteiger partial charge in [0.05, 0.1) is 21.1 Å². The van der Waals surface area contributed by atoms with Crippen molar-refractivity contribution in [1.29, 1.82) is 0 Å². The van der Waals surface area contributed by atoms with Crippen LogP contribution < -0.4 is 0 Å². The summed E-state index contributed by atoms with van der Waals surface area (Å²) in [7, 11) is 0. The number of hydrogen-bond donors (Lipinski definition) is 0. The van der Waals surface area contributed by atoms with Gasteiger partial charge in [0.2, 0.25) is 5.91 Å².